The Morgan fingerprint density at radius 3 is 2.75 bits per heavy atom. The minimum Gasteiger partial charge on any atom is -0.442 e. The van der Waals surface area contributed by atoms with E-state index in [-0.39, 0.29) is 18.6 Å². The summed E-state index contributed by atoms with van der Waals surface area (Å²) in [4.78, 5) is 25.5. The zero-order chi connectivity index (χ0) is 16.9. The zero-order valence-corrected chi connectivity index (χ0v) is 13.7. The van der Waals surface area contributed by atoms with Gasteiger partial charge in [0.1, 0.15) is 6.10 Å². The molecular weight excluding hydrogens is 328 g/mol. The first-order valence-electron chi connectivity index (χ1n) is 7.66. The first kappa shape index (κ1) is 16.3. The van der Waals surface area contributed by atoms with Crippen LogP contribution >= 0.6 is 11.6 Å². The molecule has 0 saturated carbocycles. The molecule has 2 amide bonds. The minimum atomic E-state index is -0.431. The van der Waals surface area contributed by atoms with Gasteiger partial charge in [-0.3, -0.25) is 9.69 Å². The number of carbonyl (C=O) groups excluding carboxylic acids is 2. The number of benzene rings is 2. The van der Waals surface area contributed by atoms with E-state index in [1.165, 1.54) is 4.90 Å². The van der Waals surface area contributed by atoms with E-state index in [0.717, 1.165) is 5.56 Å². The third kappa shape index (κ3) is 4.06. The average Bonchev–Trinajstić information content (AvgIpc) is 2.95. The maximum atomic E-state index is 12.0. The molecule has 24 heavy (non-hydrogen) atoms. The van der Waals surface area contributed by atoms with Crippen LogP contribution in [-0.2, 0) is 16.0 Å². The molecule has 1 aliphatic rings. The number of amides is 2. The average molecular weight is 345 g/mol. The second-order valence-corrected chi connectivity index (χ2v) is 6.00. The molecule has 0 radical (unpaired) electrons. The van der Waals surface area contributed by atoms with Gasteiger partial charge in [0.2, 0.25) is 5.91 Å². The smallest absolute Gasteiger partial charge is 0.414 e. The van der Waals surface area contributed by atoms with Crippen molar-refractivity contribution in [2.24, 2.45) is 0 Å². The number of nitrogens with zero attached hydrogens (tertiary/aromatic N) is 1. The van der Waals surface area contributed by atoms with Crippen molar-refractivity contribution in [3.8, 4) is 0 Å². The van der Waals surface area contributed by atoms with Crippen molar-refractivity contribution in [3.63, 3.8) is 0 Å². The number of anilines is 1. The van der Waals surface area contributed by atoms with E-state index in [2.05, 4.69) is 5.32 Å². The van der Waals surface area contributed by atoms with Crippen LogP contribution in [0.15, 0.2) is 54.6 Å². The van der Waals surface area contributed by atoms with E-state index in [0.29, 0.717) is 23.7 Å². The highest BCUT2D eigenvalue weighted by atomic mass is 35.5. The number of nitrogens with one attached hydrogen (secondary N) is 1. The Kier molecular flexibility index (Phi) is 5.01. The number of carbonyl (C=O) groups is 2. The van der Waals surface area contributed by atoms with Gasteiger partial charge in [-0.2, -0.15) is 0 Å². The van der Waals surface area contributed by atoms with Crippen molar-refractivity contribution in [1.82, 2.24) is 5.32 Å². The Hall–Kier alpha value is -2.53. The summed E-state index contributed by atoms with van der Waals surface area (Å²) in [6, 6.07) is 16.5. The van der Waals surface area contributed by atoms with Crippen molar-refractivity contribution >= 4 is 29.3 Å². The summed E-state index contributed by atoms with van der Waals surface area (Å²) >= 11 is 5.95. The summed E-state index contributed by atoms with van der Waals surface area (Å²) in [6.45, 7) is 0.666. The lowest BCUT2D eigenvalue weighted by Gasteiger charge is -2.13. The lowest BCUT2D eigenvalue weighted by atomic mass is 10.1. The molecule has 1 aliphatic heterocycles. The summed E-state index contributed by atoms with van der Waals surface area (Å²) in [5.74, 6) is -0.0987. The molecule has 124 valence electrons. The molecule has 3 rings (SSSR count). The Morgan fingerprint density at radius 2 is 2.00 bits per heavy atom. The van der Waals surface area contributed by atoms with Crippen molar-refractivity contribution < 1.29 is 14.3 Å². The largest absolute Gasteiger partial charge is 0.442 e. The minimum absolute atomic E-state index is 0.0987. The van der Waals surface area contributed by atoms with Crippen LogP contribution in [0, 0.1) is 0 Å². The van der Waals surface area contributed by atoms with Crippen LogP contribution in [-0.4, -0.2) is 31.2 Å². The maximum Gasteiger partial charge on any atom is 0.414 e. The summed E-state index contributed by atoms with van der Waals surface area (Å²) < 4.78 is 5.30. The molecular formula is C18H17ClN2O3. The van der Waals surface area contributed by atoms with E-state index in [9.17, 15) is 9.59 Å². The number of ether oxygens (including phenoxy) is 1. The zero-order valence-electron chi connectivity index (χ0n) is 12.9. The first-order chi connectivity index (χ1) is 11.6. The van der Waals surface area contributed by atoms with Crippen molar-refractivity contribution in [1.29, 1.82) is 0 Å². The maximum absolute atomic E-state index is 12.0. The van der Waals surface area contributed by atoms with Gasteiger partial charge in [0, 0.05) is 10.7 Å². The van der Waals surface area contributed by atoms with Gasteiger partial charge in [-0.25, -0.2) is 4.79 Å². The molecule has 5 nitrogen and oxygen atoms in total. The van der Waals surface area contributed by atoms with Gasteiger partial charge in [-0.15, -0.1) is 0 Å². The molecule has 2 aromatic rings. The Bertz CT molecular complexity index is 736. The van der Waals surface area contributed by atoms with Crippen LogP contribution in [0.2, 0.25) is 5.02 Å². The number of cyclic esters (lactones) is 1. The van der Waals surface area contributed by atoms with Crippen LogP contribution in [0.1, 0.15) is 5.56 Å². The summed E-state index contributed by atoms with van der Waals surface area (Å²) in [6.07, 6.45) is -0.504. The highest BCUT2D eigenvalue weighted by Crippen LogP contribution is 2.24. The highest BCUT2D eigenvalue weighted by Gasteiger charge is 2.32. The normalized spacial score (nSPS) is 16.8. The Morgan fingerprint density at radius 1 is 1.21 bits per heavy atom. The predicted molar refractivity (Wildman–Crippen MR) is 92.2 cm³/mol. The molecule has 1 saturated heterocycles. The molecule has 0 spiro atoms. The van der Waals surface area contributed by atoms with Crippen LogP contribution in [0.4, 0.5) is 10.5 Å². The van der Waals surface area contributed by atoms with E-state index >= 15 is 0 Å². The second kappa shape index (κ2) is 7.36. The van der Waals surface area contributed by atoms with Gasteiger partial charge in [0.05, 0.1) is 19.5 Å². The van der Waals surface area contributed by atoms with Gasteiger partial charge < -0.3 is 10.1 Å². The number of rotatable bonds is 5. The Balaban J connectivity index is 1.52. The summed E-state index contributed by atoms with van der Waals surface area (Å²) in [5.41, 5.74) is 1.63. The fourth-order valence-electron chi connectivity index (χ4n) is 2.55. The second-order valence-electron chi connectivity index (χ2n) is 5.56. The van der Waals surface area contributed by atoms with Crippen molar-refractivity contribution in [3.05, 3.63) is 65.2 Å². The van der Waals surface area contributed by atoms with Crippen LogP contribution in [0.5, 0.6) is 0 Å². The van der Waals surface area contributed by atoms with E-state index in [1.807, 2.05) is 30.3 Å². The molecule has 1 N–H and O–H groups in total. The lowest BCUT2D eigenvalue weighted by molar-refractivity contribution is -0.120. The van der Waals surface area contributed by atoms with Crippen LogP contribution in [0.25, 0.3) is 0 Å². The van der Waals surface area contributed by atoms with Crippen molar-refractivity contribution in [2.75, 3.05) is 18.0 Å². The van der Waals surface area contributed by atoms with Gasteiger partial charge in [-0.1, -0.05) is 48.0 Å². The third-order valence-corrected chi connectivity index (χ3v) is 3.96. The molecule has 0 aromatic heterocycles. The molecule has 0 aliphatic carbocycles. The van der Waals surface area contributed by atoms with Gasteiger partial charge in [-0.05, 0) is 23.8 Å². The summed E-state index contributed by atoms with van der Waals surface area (Å²) in [7, 11) is 0. The van der Waals surface area contributed by atoms with E-state index in [1.54, 1.807) is 24.3 Å². The number of halogens is 1. The number of hydrogen-bond donors (Lipinski definition) is 1. The van der Waals surface area contributed by atoms with Crippen LogP contribution in [0.3, 0.4) is 0 Å². The molecule has 1 atom stereocenters. The van der Waals surface area contributed by atoms with Crippen molar-refractivity contribution in [2.45, 2.75) is 12.5 Å². The SMILES string of the molecule is O=C(Cc1ccccc1)NCC1CN(c2cccc(Cl)c2)C(=O)O1. The van der Waals surface area contributed by atoms with Gasteiger partial charge in [0.15, 0.2) is 0 Å². The topological polar surface area (TPSA) is 58.6 Å². The fraction of sp³-hybridized carbons (Fsp3) is 0.222. The lowest BCUT2D eigenvalue weighted by Crippen LogP contribution is -2.35. The molecule has 1 unspecified atom stereocenters. The fourth-order valence-corrected chi connectivity index (χ4v) is 2.74. The first-order valence-corrected chi connectivity index (χ1v) is 8.04. The number of hydrogen-bond acceptors (Lipinski definition) is 3. The van der Waals surface area contributed by atoms with E-state index < -0.39 is 6.09 Å². The molecule has 1 heterocycles. The quantitative estimate of drug-likeness (QED) is 0.907. The molecule has 0 bridgehead atoms. The standard InChI is InChI=1S/C18H17ClN2O3/c19-14-7-4-8-15(10-14)21-12-16(24-18(21)23)11-20-17(22)9-13-5-2-1-3-6-13/h1-8,10,16H,9,11-12H2,(H,20,22). The van der Waals surface area contributed by atoms with E-state index in [4.69, 9.17) is 16.3 Å². The molecule has 1 fully saturated rings. The third-order valence-electron chi connectivity index (χ3n) is 3.73. The predicted octanol–water partition coefficient (Wildman–Crippen LogP) is 3.02. The van der Waals surface area contributed by atoms with Gasteiger partial charge in [0.25, 0.3) is 0 Å². The van der Waals surface area contributed by atoms with Crippen LogP contribution < -0.4 is 10.2 Å². The highest BCUT2D eigenvalue weighted by molar-refractivity contribution is 6.30. The van der Waals surface area contributed by atoms with Gasteiger partial charge >= 0.3 is 6.09 Å². The molecule has 2 aromatic carbocycles. The summed E-state index contributed by atoms with van der Waals surface area (Å²) in [5, 5.41) is 3.36. The monoisotopic (exact) mass is 344 g/mol. The Labute approximate surface area is 145 Å². The molecule has 6 heteroatoms.